The molecular formula is C20H19F3N2O4. The topological polar surface area (TPSA) is 67.9 Å². The van der Waals surface area contributed by atoms with Gasteiger partial charge in [0.05, 0.1) is 18.7 Å². The highest BCUT2D eigenvalue weighted by Crippen LogP contribution is 2.28. The molecule has 1 saturated heterocycles. The van der Waals surface area contributed by atoms with Crippen LogP contribution in [0.1, 0.15) is 19.8 Å². The van der Waals surface area contributed by atoms with Gasteiger partial charge in [0.25, 0.3) is 5.91 Å². The molecule has 2 aromatic carbocycles. The van der Waals surface area contributed by atoms with Crippen molar-refractivity contribution in [3.63, 3.8) is 0 Å². The molecule has 0 saturated carbocycles. The molecule has 1 aliphatic heterocycles. The Bertz CT molecular complexity index is 867. The van der Waals surface area contributed by atoms with Gasteiger partial charge in [-0.15, -0.1) is 13.2 Å². The molecule has 0 spiro atoms. The van der Waals surface area contributed by atoms with Gasteiger partial charge in [0.1, 0.15) is 17.5 Å². The summed E-state index contributed by atoms with van der Waals surface area (Å²) in [6.07, 6.45) is -3.98. The highest BCUT2D eigenvalue weighted by molar-refractivity contribution is 6.23. The first-order chi connectivity index (χ1) is 13.8. The quantitative estimate of drug-likeness (QED) is 0.698. The molecule has 3 rings (SSSR count). The van der Waals surface area contributed by atoms with Gasteiger partial charge < -0.3 is 14.8 Å². The number of amides is 2. The second-order valence-corrected chi connectivity index (χ2v) is 6.38. The van der Waals surface area contributed by atoms with Crippen molar-refractivity contribution >= 4 is 23.2 Å². The summed E-state index contributed by atoms with van der Waals surface area (Å²) in [6, 6.07) is 10.8. The number of rotatable bonds is 7. The van der Waals surface area contributed by atoms with Crippen molar-refractivity contribution in [3.05, 3.63) is 48.5 Å². The van der Waals surface area contributed by atoms with Crippen molar-refractivity contribution in [2.45, 2.75) is 32.2 Å². The molecule has 2 amide bonds. The van der Waals surface area contributed by atoms with E-state index >= 15 is 0 Å². The highest BCUT2D eigenvalue weighted by Gasteiger charge is 2.39. The molecule has 9 heteroatoms. The van der Waals surface area contributed by atoms with Crippen LogP contribution in [0, 0.1) is 0 Å². The predicted octanol–water partition coefficient (Wildman–Crippen LogP) is 4.12. The van der Waals surface area contributed by atoms with Crippen LogP contribution in [-0.4, -0.2) is 30.8 Å². The van der Waals surface area contributed by atoms with Crippen molar-refractivity contribution in [3.8, 4) is 11.5 Å². The van der Waals surface area contributed by atoms with Crippen molar-refractivity contribution in [2.75, 3.05) is 16.8 Å². The standard InChI is InChI=1S/C20H19F3N2O4/c1-2-11-28-15-9-5-14(6-10-15)25-18(26)12-17(19(25)27)24-13-3-7-16(8-4-13)29-20(21,22)23/h3-10,17,24H,2,11-12H2,1H3/t17-/m0/s1. The summed E-state index contributed by atoms with van der Waals surface area (Å²) in [4.78, 5) is 26.1. The summed E-state index contributed by atoms with van der Waals surface area (Å²) < 4.78 is 46.0. The molecule has 154 valence electrons. The predicted molar refractivity (Wildman–Crippen MR) is 99.9 cm³/mol. The number of nitrogens with one attached hydrogen (secondary N) is 1. The molecule has 1 fully saturated rings. The van der Waals surface area contributed by atoms with Crippen LogP contribution in [0.3, 0.4) is 0 Å². The number of carbonyl (C=O) groups is 2. The van der Waals surface area contributed by atoms with E-state index < -0.39 is 18.3 Å². The van der Waals surface area contributed by atoms with E-state index in [2.05, 4.69) is 10.1 Å². The third-order valence-electron chi connectivity index (χ3n) is 4.14. The van der Waals surface area contributed by atoms with Gasteiger partial charge in [0.15, 0.2) is 0 Å². The summed E-state index contributed by atoms with van der Waals surface area (Å²) in [7, 11) is 0. The molecule has 1 aliphatic rings. The molecule has 2 aromatic rings. The Morgan fingerprint density at radius 1 is 1.03 bits per heavy atom. The van der Waals surface area contributed by atoms with Gasteiger partial charge in [-0.2, -0.15) is 0 Å². The van der Waals surface area contributed by atoms with E-state index in [1.165, 1.54) is 12.1 Å². The zero-order valence-corrected chi connectivity index (χ0v) is 15.5. The van der Waals surface area contributed by atoms with E-state index in [4.69, 9.17) is 4.74 Å². The maximum absolute atomic E-state index is 12.7. The van der Waals surface area contributed by atoms with Crippen LogP contribution < -0.4 is 19.7 Å². The lowest BCUT2D eigenvalue weighted by molar-refractivity contribution is -0.274. The number of alkyl halides is 3. The smallest absolute Gasteiger partial charge is 0.494 e. The lowest BCUT2D eigenvalue weighted by Gasteiger charge is -2.17. The fourth-order valence-corrected chi connectivity index (χ4v) is 2.88. The summed E-state index contributed by atoms with van der Waals surface area (Å²) in [6.45, 7) is 2.56. The Kier molecular flexibility index (Phi) is 5.95. The van der Waals surface area contributed by atoms with Crippen LogP contribution >= 0.6 is 0 Å². The number of hydrogen-bond donors (Lipinski definition) is 1. The van der Waals surface area contributed by atoms with Crippen LogP contribution in [0.5, 0.6) is 11.5 Å². The lowest BCUT2D eigenvalue weighted by Crippen LogP contribution is -2.34. The SMILES string of the molecule is CCCOc1ccc(N2C(=O)C[C@H](Nc3ccc(OC(F)(F)F)cc3)C2=O)cc1. The summed E-state index contributed by atoms with van der Waals surface area (Å²) in [5.74, 6) is -0.533. The van der Waals surface area contributed by atoms with Crippen LogP contribution in [0.4, 0.5) is 24.5 Å². The average Bonchev–Trinajstić information content (AvgIpc) is 2.94. The number of halogens is 3. The van der Waals surface area contributed by atoms with Gasteiger partial charge in [-0.25, -0.2) is 4.90 Å². The number of hydrogen-bond acceptors (Lipinski definition) is 5. The molecule has 0 radical (unpaired) electrons. The van der Waals surface area contributed by atoms with Crippen molar-refractivity contribution in [1.82, 2.24) is 0 Å². The van der Waals surface area contributed by atoms with Crippen LogP contribution in [0.15, 0.2) is 48.5 Å². The molecular weight excluding hydrogens is 389 g/mol. The number of anilines is 2. The maximum atomic E-state index is 12.7. The molecule has 1 N–H and O–H groups in total. The number of imide groups is 1. The van der Waals surface area contributed by atoms with E-state index in [-0.39, 0.29) is 18.1 Å². The molecule has 29 heavy (non-hydrogen) atoms. The summed E-state index contributed by atoms with van der Waals surface area (Å²) in [5.41, 5.74) is 0.831. The normalized spacial score (nSPS) is 16.8. The Labute approximate surface area is 165 Å². The van der Waals surface area contributed by atoms with Gasteiger partial charge >= 0.3 is 6.36 Å². The minimum Gasteiger partial charge on any atom is -0.494 e. The molecule has 0 bridgehead atoms. The van der Waals surface area contributed by atoms with E-state index in [1.54, 1.807) is 24.3 Å². The summed E-state index contributed by atoms with van der Waals surface area (Å²) in [5, 5.41) is 2.88. The molecule has 1 atom stereocenters. The Hall–Kier alpha value is -3.23. The molecule has 1 heterocycles. The highest BCUT2D eigenvalue weighted by atomic mass is 19.4. The molecule has 0 aromatic heterocycles. The van der Waals surface area contributed by atoms with Crippen molar-refractivity contribution in [1.29, 1.82) is 0 Å². The average molecular weight is 408 g/mol. The fourth-order valence-electron chi connectivity index (χ4n) is 2.88. The lowest BCUT2D eigenvalue weighted by atomic mass is 10.2. The second kappa shape index (κ2) is 8.42. The van der Waals surface area contributed by atoms with Crippen LogP contribution in [-0.2, 0) is 9.59 Å². The number of nitrogens with zero attached hydrogens (tertiary/aromatic N) is 1. The van der Waals surface area contributed by atoms with E-state index in [1.807, 2.05) is 6.92 Å². The Balaban J connectivity index is 1.66. The second-order valence-electron chi connectivity index (χ2n) is 6.38. The van der Waals surface area contributed by atoms with Gasteiger partial charge in [0.2, 0.25) is 5.91 Å². The molecule has 6 nitrogen and oxygen atoms in total. The molecule has 0 aliphatic carbocycles. The maximum Gasteiger partial charge on any atom is 0.573 e. The Morgan fingerprint density at radius 2 is 1.66 bits per heavy atom. The monoisotopic (exact) mass is 408 g/mol. The summed E-state index contributed by atoms with van der Waals surface area (Å²) >= 11 is 0. The molecule has 0 unspecified atom stereocenters. The van der Waals surface area contributed by atoms with Gasteiger partial charge in [-0.05, 0) is 55.0 Å². The zero-order valence-electron chi connectivity index (χ0n) is 15.5. The number of ether oxygens (including phenoxy) is 2. The van der Waals surface area contributed by atoms with Crippen LogP contribution in [0.2, 0.25) is 0 Å². The Morgan fingerprint density at radius 3 is 2.24 bits per heavy atom. The largest absolute Gasteiger partial charge is 0.573 e. The number of carbonyl (C=O) groups excluding carboxylic acids is 2. The first-order valence-corrected chi connectivity index (χ1v) is 8.99. The minimum atomic E-state index is -4.78. The van der Waals surface area contributed by atoms with Crippen molar-refractivity contribution < 1.29 is 32.2 Å². The van der Waals surface area contributed by atoms with Crippen molar-refractivity contribution in [2.24, 2.45) is 0 Å². The van der Waals surface area contributed by atoms with E-state index in [0.29, 0.717) is 23.7 Å². The first-order valence-electron chi connectivity index (χ1n) is 8.99. The van der Waals surface area contributed by atoms with E-state index in [0.717, 1.165) is 23.5 Å². The third-order valence-corrected chi connectivity index (χ3v) is 4.14. The zero-order chi connectivity index (χ0) is 21.0. The minimum absolute atomic E-state index is 0.0618. The fraction of sp³-hybridized carbons (Fsp3) is 0.300. The van der Waals surface area contributed by atoms with Gasteiger partial charge in [0, 0.05) is 5.69 Å². The van der Waals surface area contributed by atoms with Gasteiger partial charge in [-0.3, -0.25) is 9.59 Å². The van der Waals surface area contributed by atoms with E-state index in [9.17, 15) is 22.8 Å². The van der Waals surface area contributed by atoms with Crippen LogP contribution in [0.25, 0.3) is 0 Å². The first kappa shape index (κ1) is 20.5. The third kappa shape index (κ3) is 5.18. The number of benzene rings is 2. The van der Waals surface area contributed by atoms with Gasteiger partial charge in [-0.1, -0.05) is 6.92 Å².